The van der Waals surface area contributed by atoms with Gasteiger partial charge in [0, 0.05) is 29.1 Å². The van der Waals surface area contributed by atoms with Crippen LogP contribution in [0.4, 0.5) is 8.78 Å². The number of nitrogens with one attached hydrogen (secondary N) is 1. The molecular weight excluding hydrogens is 240 g/mol. The van der Waals surface area contributed by atoms with E-state index in [1.54, 1.807) is 6.20 Å². The summed E-state index contributed by atoms with van der Waals surface area (Å²) in [6.45, 7) is -0.607. The van der Waals surface area contributed by atoms with Crippen LogP contribution in [-0.2, 0) is 4.74 Å². The molecule has 2 rings (SSSR count). The SMILES string of the molecule is O=C(CCOCC(F)F)c1c[nH]c2ccccc12. The van der Waals surface area contributed by atoms with Gasteiger partial charge in [-0.2, -0.15) is 0 Å². The van der Waals surface area contributed by atoms with E-state index in [9.17, 15) is 13.6 Å². The number of para-hydroxylation sites is 1. The number of carbonyl (C=O) groups is 1. The van der Waals surface area contributed by atoms with E-state index < -0.39 is 13.0 Å². The van der Waals surface area contributed by atoms with Crippen molar-refractivity contribution in [3.63, 3.8) is 0 Å². The first-order valence-electron chi connectivity index (χ1n) is 5.63. The predicted octanol–water partition coefficient (Wildman–Crippen LogP) is 3.02. The number of rotatable bonds is 6. The summed E-state index contributed by atoms with van der Waals surface area (Å²) in [5.41, 5.74) is 1.46. The summed E-state index contributed by atoms with van der Waals surface area (Å²) in [6, 6.07) is 7.44. The summed E-state index contributed by atoms with van der Waals surface area (Å²) >= 11 is 0. The average molecular weight is 253 g/mol. The first-order valence-corrected chi connectivity index (χ1v) is 5.63. The monoisotopic (exact) mass is 253 g/mol. The first kappa shape index (κ1) is 12.7. The van der Waals surface area contributed by atoms with Crippen molar-refractivity contribution < 1.29 is 18.3 Å². The van der Waals surface area contributed by atoms with Gasteiger partial charge in [0.25, 0.3) is 6.43 Å². The molecule has 0 spiro atoms. The molecule has 0 radical (unpaired) electrons. The maximum absolute atomic E-state index is 11.9. The molecule has 1 N–H and O–H groups in total. The van der Waals surface area contributed by atoms with Crippen LogP contribution in [0, 0.1) is 0 Å². The number of halogens is 2. The highest BCUT2D eigenvalue weighted by Crippen LogP contribution is 2.19. The molecule has 0 bridgehead atoms. The van der Waals surface area contributed by atoms with Gasteiger partial charge < -0.3 is 9.72 Å². The number of fused-ring (bicyclic) bond motifs is 1. The minimum Gasteiger partial charge on any atom is -0.375 e. The summed E-state index contributed by atoms with van der Waals surface area (Å²) in [6.07, 6.45) is -0.748. The fraction of sp³-hybridized carbons (Fsp3) is 0.308. The molecule has 1 heterocycles. The van der Waals surface area contributed by atoms with E-state index in [1.165, 1.54) is 0 Å². The highest BCUT2D eigenvalue weighted by molar-refractivity contribution is 6.07. The maximum Gasteiger partial charge on any atom is 0.261 e. The molecule has 2 aromatic rings. The summed E-state index contributed by atoms with van der Waals surface area (Å²) in [4.78, 5) is 14.9. The number of H-pyrrole nitrogens is 1. The molecule has 0 saturated heterocycles. The van der Waals surface area contributed by atoms with Crippen molar-refractivity contribution >= 4 is 16.7 Å². The van der Waals surface area contributed by atoms with E-state index >= 15 is 0 Å². The minimum atomic E-state index is -2.49. The van der Waals surface area contributed by atoms with Crippen LogP contribution in [0.1, 0.15) is 16.8 Å². The Kier molecular flexibility index (Phi) is 4.04. The fourth-order valence-electron chi connectivity index (χ4n) is 1.77. The zero-order valence-corrected chi connectivity index (χ0v) is 9.66. The third kappa shape index (κ3) is 2.92. The van der Waals surface area contributed by atoms with Crippen LogP contribution in [0.5, 0.6) is 0 Å². The molecule has 0 amide bonds. The van der Waals surface area contributed by atoms with Gasteiger partial charge in [0.15, 0.2) is 5.78 Å². The summed E-state index contributed by atoms with van der Waals surface area (Å²) in [7, 11) is 0. The van der Waals surface area contributed by atoms with Gasteiger partial charge >= 0.3 is 0 Å². The van der Waals surface area contributed by atoms with E-state index in [0.29, 0.717) is 5.56 Å². The van der Waals surface area contributed by atoms with Gasteiger partial charge in [-0.3, -0.25) is 4.79 Å². The summed E-state index contributed by atoms with van der Waals surface area (Å²) < 4.78 is 28.3. The van der Waals surface area contributed by atoms with Crippen molar-refractivity contribution in [2.45, 2.75) is 12.8 Å². The predicted molar refractivity (Wildman–Crippen MR) is 64.1 cm³/mol. The molecule has 5 heteroatoms. The topological polar surface area (TPSA) is 42.1 Å². The number of alkyl halides is 2. The highest BCUT2D eigenvalue weighted by atomic mass is 19.3. The lowest BCUT2D eigenvalue weighted by molar-refractivity contribution is 0.0170. The number of Topliss-reactive ketones (excluding diaryl/α,β-unsaturated/α-hetero) is 1. The quantitative estimate of drug-likeness (QED) is 0.635. The number of aromatic amines is 1. The van der Waals surface area contributed by atoms with Gasteiger partial charge in [0.2, 0.25) is 0 Å². The highest BCUT2D eigenvalue weighted by Gasteiger charge is 2.11. The molecule has 0 fully saturated rings. The molecule has 1 aromatic carbocycles. The Bertz CT molecular complexity index is 537. The normalized spacial score (nSPS) is 11.3. The molecule has 3 nitrogen and oxygen atoms in total. The van der Waals surface area contributed by atoms with Crippen LogP contribution < -0.4 is 0 Å². The molecule has 96 valence electrons. The van der Waals surface area contributed by atoms with Gasteiger partial charge in [-0.1, -0.05) is 18.2 Å². The molecule has 0 aliphatic heterocycles. The Morgan fingerprint density at radius 3 is 2.89 bits per heavy atom. The van der Waals surface area contributed by atoms with E-state index in [-0.39, 0.29) is 18.8 Å². The lowest BCUT2D eigenvalue weighted by atomic mass is 10.1. The van der Waals surface area contributed by atoms with Crippen LogP contribution >= 0.6 is 0 Å². The van der Waals surface area contributed by atoms with Crippen LogP contribution in [0.25, 0.3) is 10.9 Å². The Balaban J connectivity index is 1.97. The molecule has 18 heavy (non-hydrogen) atoms. The van der Waals surface area contributed by atoms with Crippen molar-refractivity contribution in [3.05, 3.63) is 36.0 Å². The van der Waals surface area contributed by atoms with Crippen LogP contribution in [0.2, 0.25) is 0 Å². The van der Waals surface area contributed by atoms with Gasteiger partial charge in [-0.25, -0.2) is 8.78 Å². The van der Waals surface area contributed by atoms with E-state index in [2.05, 4.69) is 4.98 Å². The minimum absolute atomic E-state index is 0.0165. The second-order valence-electron chi connectivity index (χ2n) is 3.89. The van der Waals surface area contributed by atoms with Gasteiger partial charge in [-0.05, 0) is 6.07 Å². The number of benzene rings is 1. The second kappa shape index (κ2) is 5.73. The first-order chi connectivity index (χ1) is 8.68. The number of aromatic nitrogens is 1. The van der Waals surface area contributed by atoms with Gasteiger partial charge in [0.05, 0.1) is 6.61 Å². The number of ketones is 1. The Labute approximate surface area is 103 Å². The molecule has 1 aromatic heterocycles. The van der Waals surface area contributed by atoms with Gasteiger partial charge in [-0.15, -0.1) is 0 Å². The Morgan fingerprint density at radius 2 is 2.11 bits per heavy atom. The zero-order chi connectivity index (χ0) is 13.0. The van der Waals surface area contributed by atoms with Crippen LogP contribution in [0.3, 0.4) is 0 Å². The lowest BCUT2D eigenvalue weighted by Gasteiger charge is -2.02. The zero-order valence-electron chi connectivity index (χ0n) is 9.66. The fourth-order valence-corrected chi connectivity index (χ4v) is 1.77. The van der Waals surface area contributed by atoms with E-state index in [1.807, 2.05) is 24.3 Å². The lowest BCUT2D eigenvalue weighted by Crippen LogP contribution is -2.09. The van der Waals surface area contributed by atoms with Crippen molar-refractivity contribution in [1.29, 1.82) is 0 Å². The van der Waals surface area contributed by atoms with E-state index in [0.717, 1.165) is 10.9 Å². The third-order valence-corrected chi connectivity index (χ3v) is 2.61. The van der Waals surface area contributed by atoms with Crippen LogP contribution in [0.15, 0.2) is 30.5 Å². The third-order valence-electron chi connectivity index (χ3n) is 2.61. The summed E-state index contributed by atoms with van der Waals surface area (Å²) in [5, 5.41) is 0.844. The summed E-state index contributed by atoms with van der Waals surface area (Å²) in [5.74, 6) is -0.110. The molecule has 0 aliphatic rings. The van der Waals surface area contributed by atoms with Crippen molar-refractivity contribution in [3.8, 4) is 0 Å². The smallest absolute Gasteiger partial charge is 0.261 e. The maximum atomic E-state index is 11.9. The van der Waals surface area contributed by atoms with Crippen molar-refractivity contribution in [2.24, 2.45) is 0 Å². The molecule has 0 aliphatic carbocycles. The van der Waals surface area contributed by atoms with Gasteiger partial charge in [0.1, 0.15) is 6.61 Å². The number of ether oxygens (including phenoxy) is 1. The Hall–Kier alpha value is -1.75. The van der Waals surface area contributed by atoms with Crippen LogP contribution in [-0.4, -0.2) is 30.4 Å². The largest absolute Gasteiger partial charge is 0.375 e. The van der Waals surface area contributed by atoms with E-state index in [4.69, 9.17) is 4.74 Å². The molecule has 0 unspecified atom stereocenters. The van der Waals surface area contributed by atoms with Crippen molar-refractivity contribution in [2.75, 3.05) is 13.2 Å². The molecule has 0 atom stereocenters. The number of carbonyl (C=O) groups excluding carboxylic acids is 1. The van der Waals surface area contributed by atoms with Crippen molar-refractivity contribution in [1.82, 2.24) is 4.98 Å². The number of hydrogen-bond acceptors (Lipinski definition) is 2. The average Bonchev–Trinajstić information content (AvgIpc) is 2.78. The number of hydrogen-bond donors (Lipinski definition) is 1. The molecular formula is C13H13F2NO2. The Morgan fingerprint density at radius 1 is 1.33 bits per heavy atom. The second-order valence-corrected chi connectivity index (χ2v) is 3.89. The standard InChI is InChI=1S/C13H13F2NO2/c14-13(15)8-18-6-5-12(17)10-7-16-11-4-2-1-3-9(10)11/h1-4,7,13,16H,5-6,8H2. The molecule has 0 saturated carbocycles.